The van der Waals surface area contributed by atoms with Crippen molar-refractivity contribution < 1.29 is 9.53 Å². The van der Waals surface area contributed by atoms with Crippen LogP contribution in [0.3, 0.4) is 0 Å². The summed E-state index contributed by atoms with van der Waals surface area (Å²) < 4.78 is 5.46. The van der Waals surface area contributed by atoms with E-state index in [2.05, 4.69) is 22.2 Å². The van der Waals surface area contributed by atoms with E-state index in [1.54, 1.807) is 6.20 Å². The van der Waals surface area contributed by atoms with Gasteiger partial charge in [-0.1, -0.05) is 30.3 Å². The van der Waals surface area contributed by atoms with Crippen molar-refractivity contribution in [2.75, 3.05) is 34.5 Å². The van der Waals surface area contributed by atoms with E-state index in [0.29, 0.717) is 54.4 Å². The molecule has 1 saturated carbocycles. The minimum absolute atomic E-state index is 0.0299. The van der Waals surface area contributed by atoms with Gasteiger partial charge in [0.25, 0.3) is 0 Å². The minimum atomic E-state index is -0.247. The number of ether oxygens (including phenoxy) is 1. The van der Waals surface area contributed by atoms with Crippen LogP contribution in [0.25, 0.3) is 0 Å². The number of nitrogens with two attached hydrogens (primary N) is 2. The summed E-state index contributed by atoms with van der Waals surface area (Å²) in [6.45, 7) is 7.71. The van der Waals surface area contributed by atoms with Crippen LogP contribution >= 0.6 is 11.6 Å². The van der Waals surface area contributed by atoms with E-state index in [-0.39, 0.29) is 23.9 Å². The average molecular weight is 500 g/mol. The van der Waals surface area contributed by atoms with Gasteiger partial charge in [-0.3, -0.25) is 4.79 Å². The van der Waals surface area contributed by atoms with E-state index in [1.807, 2.05) is 30.0 Å². The van der Waals surface area contributed by atoms with Crippen LogP contribution in [-0.4, -0.2) is 41.2 Å². The number of nitrogens with one attached hydrogen (secondary N) is 2. The number of primary amides is 1. The fourth-order valence-electron chi connectivity index (χ4n) is 4.77. The van der Waals surface area contributed by atoms with Crippen molar-refractivity contribution in [3.63, 3.8) is 0 Å². The third-order valence-corrected chi connectivity index (χ3v) is 7.31. The predicted molar refractivity (Wildman–Crippen MR) is 140 cm³/mol. The quantitative estimate of drug-likeness (QED) is 0.427. The second-order valence-electron chi connectivity index (χ2n) is 9.29. The van der Waals surface area contributed by atoms with Crippen molar-refractivity contribution in [1.82, 2.24) is 9.97 Å². The van der Waals surface area contributed by atoms with Crippen LogP contribution < -0.4 is 27.0 Å². The van der Waals surface area contributed by atoms with Crippen LogP contribution in [0.5, 0.6) is 0 Å². The Morgan fingerprint density at radius 2 is 1.91 bits per heavy atom. The van der Waals surface area contributed by atoms with Gasteiger partial charge in [0.05, 0.1) is 22.6 Å². The van der Waals surface area contributed by atoms with Gasteiger partial charge < -0.3 is 31.7 Å². The molecule has 10 heteroatoms. The number of carbonyl (C=O) groups excluding carboxylic acids is 1. The van der Waals surface area contributed by atoms with Gasteiger partial charge in [-0.15, -0.1) is 0 Å². The fourth-order valence-corrected chi connectivity index (χ4v) is 4.94. The smallest absolute Gasteiger partial charge is 0.224 e. The van der Waals surface area contributed by atoms with Crippen LogP contribution in [0.15, 0.2) is 36.8 Å². The van der Waals surface area contributed by atoms with Gasteiger partial charge >= 0.3 is 0 Å². The molecule has 4 rings (SSSR count). The molecule has 35 heavy (non-hydrogen) atoms. The Morgan fingerprint density at radius 1 is 1.20 bits per heavy atom. The first-order valence-electron chi connectivity index (χ1n) is 12.1. The number of benzene rings is 1. The van der Waals surface area contributed by atoms with Crippen molar-refractivity contribution >= 4 is 40.6 Å². The van der Waals surface area contributed by atoms with E-state index in [4.69, 9.17) is 32.8 Å². The van der Waals surface area contributed by atoms with E-state index >= 15 is 0 Å². The lowest BCUT2D eigenvalue weighted by atomic mass is 9.85. The van der Waals surface area contributed by atoms with Gasteiger partial charge in [0.2, 0.25) is 11.9 Å². The predicted octanol–water partition coefficient (Wildman–Crippen LogP) is 4.05. The van der Waals surface area contributed by atoms with Gasteiger partial charge in [0.1, 0.15) is 5.82 Å². The topological polar surface area (TPSA) is 131 Å². The van der Waals surface area contributed by atoms with E-state index in [9.17, 15) is 4.79 Å². The van der Waals surface area contributed by atoms with Gasteiger partial charge in [-0.05, 0) is 57.1 Å². The largest absolute Gasteiger partial charge is 0.394 e. The Bertz CT molecular complexity index is 1070. The number of nitrogen functional groups attached to an aromatic ring is 1. The summed E-state index contributed by atoms with van der Waals surface area (Å²) in [5.41, 5.74) is 14.1. The highest BCUT2D eigenvalue weighted by molar-refractivity contribution is 6.34. The zero-order chi connectivity index (χ0) is 24.9. The lowest BCUT2D eigenvalue weighted by molar-refractivity contribution is -0.122. The summed E-state index contributed by atoms with van der Waals surface area (Å²) >= 11 is 6.55. The second kappa shape index (κ2) is 11.1. The number of aromatic nitrogens is 2. The fraction of sp³-hybridized carbons (Fsp3) is 0.480. The molecule has 0 bridgehead atoms. The summed E-state index contributed by atoms with van der Waals surface area (Å²) in [6.07, 6.45) is 6.32. The van der Waals surface area contributed by atoms with Crippen LogP contribution in [0, 0.1) is 12.8 Å². The van der Waals surface area contributed by atoms with Crippen molar-refractivity contribution in [3.8, 4) is 0 Å². The zero-order valence-corrected chi connectivity index (χ0v) is 20.9. The van der Waals surface area contributed by atoms with E-state index in [1.165, 1.54) is 0 Å². The Kier molecular flexibility index (Phi) is 7.97. The van der Waals surface area contributed by atoms with Crippen LogP contribution in [0.1, 0.15) is 44.1 Å². The van der Waals surface area contributed by atoms with Gasteiger partial charge in [0.15, 0.2) is 5.82 Å². The van der Waals surface area contributed by atoms with Crippen molar-refractivity contribution in [2.24, 2.45) is 11.7 Å². The lowest BCUT2D eigenvalue weighted by Crippen LogP contribution is -2.42. The molecule has 1 aromatic heterocycles. The maximum Gasteiger partial charge on any atom is 0.224 e. The number of amides is 1. The summed E-state index contributed by atoms with van der Waals surface area (Å²) in [6, 6.07) is 6.07. The minimum Gasteiger partial charge on any atom is -0.394 e. The summed E-state index contributed by atoms with van der Waals surface area (Å²) in [5, 5.41) is 7.41. The SMILES string of the molecule is C=C(Nc1cccc(C)c1Cl)N(c1nc(NC2CCOCC2)ncc1N)C1CCC(C(N)=O)CC1. The van der Waals surface area contributed by atoms with Crippen molar-refractivity contribution in [2.45, 2.75) is 57.5 Å². The molecule has 0 spiro atoms. The molecule has 1 amide bonds. The Balaban J connectivity index is 1.63. The standard InChI is InChI=1S/C25H34ClN7O2/c1-15-4-3-5-21(22(15)26)30-16(2)33(19-8-6-17(7-9-19)23(28)34)24-20(27)14-29-25(32-24)31-18-10-12-35-13-11-18/h3-5,14,17-19,30H,2,6-13,27H2,1H3,(H2,28,34)(H,29,31,32). The first-order chi connectivity index (χ1) is 16.8. The van der Waals surface area contributed by atoms with Gasteiger partial charge in [0, 0.05) is 31.2 Å². The molecule has 1 aliphatic heterocycles. The molecule has 1 aromatic carbocycles. The third kappa shape index (κ3) is 5.97. The summed E-state index contributed by atoms with van der Waals surface area (Å²) in [5.74, 6) is 1.32. The molecule has 0 unspecified atom stereocenters. The molecule has 1 saturated heterocycles. The monoisotopic (exact) mass is 499 g/mol. The Labute approximate surface area is 211 Å². The number of hydrogen-bond donors (Lipinski definition) is 4. The van der Waals surface area contributed by atoms with Gasteiger partial charge in [-0.25, -0.2) is 4.98 Å². The molecule has 2 fully saturated rings. The highest BCUT2D eigenvalue weighted by Crippen LogP contribution is 2.36. The number of carbonyl (C=O) groups is 1. The van der Waals surface area contributed by atoms with Crippen LogP contribution in [0.2, 0.25) is 5.02 Å². The first-order valence-corrected chi connectivity index (χ1v) is 12.5. The van der Waals surface area contributed by atoms with Crippen molar-refractivity contribution in [1.29, 1.82) is 0 Å². The van der Waals surface area contributed by atoms with E-state index < -0.39 is 0 Å². The molecular formula is C25H34ClN7O2. The molecule has 6 N–H and O–H groups in total. The molecule has 2 aliphatic rings. The van der Waals surface area contributed by atoms with Gasteiger partial charge in [-0.2, -0.15) is 4.98 Å². The molecular weight excluding hydrogens is 466 g/mol. The molecule has 0 atom stereocenters. The zero-order valence-electron chi connectivity index (χ0n) is 20.1. The number of hydrogen-bond acceptors (Lipinski definition) is 8. The van der Waals surface area contributed by atoms with Crippen LogP contribution in [-0.2, 0) is 9.53 Å². The number of nitrogens with zero attached hydrogens (tertiary/aromatic N) is 3. The van der Waals surface area contributed by atoms with Crippen LogP contribution in [0.4, 0.5) is 23.1 Å². The highest BCUT2D eigenvalue weighted by atomic mass is 35.5. The maximum absolute atomic E-state index is 11.7. The van der Waals surface area contributed by atoms with E-state index in [0.717, 1.165) is 36.9 Å². The Morgan fingerprint density at radius 3 is 2.60 bits per heavy atom. The Hall–Kier alpha value is -3.04. The number of anilines is 4. The average Bonchev–Trinajstić information content (AvgIpc) is 2.85. The molecule has 0 radical (unpaired) electrons. The molecule has 2 heterocycles. The molecule has 1 aliphatic carbocycles. The number of aryl methyl sites for hydroxylation is 1. The maximum atomic E-state index is 11.7. The summed E-state index contributed by atoms with van der Waals surface area (Å²) in [7, 11) is 0. The number of halogens is 1. The normalized spacial score (nSPS) is 20.7. The molecule has 9 nitrogen and oxygen atoms in total. The number of rotatable bonds is 8. The lowest BCUT2D eigenvalue weighted by Gasteiger charge is -2.38. The van der Waals surface area contributed by atoms with Crippen molar-refractivity contribution in [3.05, 3.63) is 47.4 Å². The first kappa shape index (κ1) is 25.1. The molecule has 188 valence electrons. The third-order valence-electron chi connectivity index (χ3n) is 6.80. The molecule has 2 aromatic rings. The summed E-state index contributed by atoms with van der Waals surface area (Å²) in [4.78, 5) is 23.0. The second-order valence-corrected chi connectivity index (χ2v) is 9.67. The highest BCUT2D eigenvalue weighted by Gasteiger charge is 2.32.